The van der Waals surface area contributed by atoms with E-state index in [-0.39, 0.29) is 18.1 Å². The van der Waals surface area contributed by atoms with Crippen molar-refractivity contribution >= 4 is 0 Å². The number of aliphatic hydroxyl groups excluding tert-OH is 1. The van der Waals surface area contributed by atoms with Crippen molar-refractivity contribution in [1.29, 1.82) is 0 Å². The second-order valence-electron chi connectivity index (χ2n) is 6.03. The monoisotopic (exact) mass is 301 g/mol. The zero-order valence-electron chi connectivity index (χ0n) is 13.8. The molecule has 0 amide bonds. The molecule has 0 spiro atoms. The molecule has 4 heteroatoms. The van der Waals surface area contributed by atoms with E-state index in [9.17, 15) is 5.11 Å². The summed E-state index contributed by atoms with van der Waals surface area (Å²) in [5.74, 6) is 0. The molecule has 0 radical (unpaired) electrons. The van der Waals surface area contributed by atoms with Gasteiger partial charge in [-0.1, -0.05) is 26.0 Å². The molecule has 1 unspecified atom stereocenters. The van der Waals surface area contributed by atoms with E-state index >= 15 is 0 Å². The van der Waals surface area contributed by atoms with E-state index in [2.05, 4.69) is 55.3 Å². The lowest BCUT2D eigenvalue weighted by Gasteiger charge is -2.31. The van der Waals surface area contributed by atoms with E-state index in [1.54, 1.807) is 12.5 Å². The number of aromatic nitrogens is 2. The summed E-state index contributed by atoms with van der Waals surface area (Å²) in [7, 11) is 0. The molecule has 1 aromatic carbocycles. The van der Waals surface area contributed by atoms with Crippen LogP contribution in [-0.2, 0) is 0 Å². The number of nitrogens with one attached hydrogen (secondary N) is 1. The SMILES string of the molecule is CCC(CC)(CO)CNC(C)c1ccc(-n2ccnc2)cc1. The predicted octanol–water partition coefficient (Wildman–Crippen LogP) is 3.32. The number of hydrogen-bond acceptors (Lipinski definition) is 3. The van der Waals surface area contributed by atoms with Gasteiger partial charge in [-0.25, -0.2) is 4.98 Å². The molecular weight excluding hydrogens is 274 g/mol. The van der Waals surface area contributed by atoms with E-state index in [0.29, 0.717) is 0 Å². The van der Waals surface area contributed by atoms with Crippen molar-refractivity contribution in [2.45, 2.75) is 39.7 Å². The Morgan fingerprint density at radius 1 is 1.23 bits per heavy atom. The van der Waals surface area contributed by atoms with Crippen LogP contribution in [0.2, 0.25) is 0 Å². The Morgan fingerprint density at radius 3 is 2.41 bits per heavy atom. The normalized spacial score (nSPS) is 13.3. The molecule has 0 bridgehead atoms. The van der Waals surface area contributed by atoms with Crippen LogP contribution in [-0.4, -0.2) is 27.8 Å². The second kappa shape index (κ2) is 7.56. The fourth-order valence-corrected chi connectivity index (χ4v) is 2.61. The summed E-state index contributed by atoms with van der Waals surface area (Å²) in [5.41, 5.74) is 2.36. The molecule has 0 saturated heterocycles. The maximum atomic E-state index is 9.65. The third-order valence-corrected chi connectivity index (χ3v) is 4.81. The predicted molar refractivity (Wildman–Crippen MR) is 90.1 cm³/mol. The highest BCUT2D eigenvalue weighted by molar-refractivity contribution is 5.35. The van der Waals surface area contributed by atoms with Crippen LogP contribution in [0.3, 0.4) is 0 Å². The van der Waals surface area contributed by atoms with Crippen LogP contribution in [0.4, 0.5) is 0 Å². The van der Waals surface area contributed by atoms with Gasteiger partial charge in [0.15, 0.2) is 0 Å². The molecule has 2 N–H and O–H groups in total. The molecule has 0 fully saturated rings. The fraction of sp³-hybridized carbons (Fsp3) is 0.500. The first-order valence-corrected chi connectivity index (χ1v) is 8.06. The number of imidazole rings is 1. The Bertz CT molecular complexity index is 536. The zero-order chi connectivity index (χ0) is 16.0. The molecule has 1 aromatic heterocycles. The van der Waals surface area contributed by atoms with E-state index < -0.39 is 0 Å². The Kier molecular flexibility index (Phi) is 5.75. The zero-order valence-corrected chi connectivity index (χ0v) is 13.8. The van der Waals surface area contributed by atoms with Gasteiger partial charge in [0.1, 0.15) is 0 Å². The van der Waals surface area contributed by atoms with Gasteiger partial charge in [-0.2, -0.15) is 0 Å². The van der Waals surface area contributed by atoms with Gasteiger partial charge >= 0.3 is 0 Å². The number of rotatable bonds is 8. The van der Waals surface area contributed by atoms with Crippen LogP contribution in [0.25, 0.3) is 5.69 Å². The van der Waals surface area contributed by atoms with Crippen molar-refractivity contribution in [3.8, 4) is 5.69 Å². The van der Waals surface area contributed by atoms with Gasteiger partial charge in [-0.15, -0.1) is 0 Å². The number of aliphatic hydroxyl groups is 1. The summed E-state index contributed by atoms with van der Waals surface area (Å²) in [6.45, 7) is 7.53. The molecule has 120 valence electrons. The third kappa shape index (κ3) is 3.76. The first-order chi connectivity index (χ1) is 10.6. The Labute approximate surface area is 133 Å². The summed E-state index contributed by atoms with van der Waals surface area (Å²) < 4.78 is 1.99. The van der Waals surface area contributed by atoms with Gasteiger partial charge < -0.3 is 15.0 Å². The van der Waals surface area contributed by atoms with Crippen LogP contribution < -0.4 is 5.32 Å². The van der Waals surface area contributed by atoms with Crippen molar-refractivity contribution < 1.29 is 5.11 Å². The Hall–Kier alpha value is -1.65. The van der Waals surface area contributed by atoms with Crippen LogP contribution >= 0.6 is 0 Å². The largest absolute Gasteiger partial charge is 0.396 e. The van der Waals surface area contributed by atoms with Crippen molar-refractivity contribution in [1.82, 2.24) is 14.9 Å². The molecule has 2 aromatic rings. The summed E-state index contributed by atoms with van der Waals surface area (Å²) >= 11 is 0. The van der Waals surface area contributed by atoms with Gasteiger partial charge in [0, 0.05) is 42.7 Å². The molecule has 4 nitrogen and oxygen atoms in total. The topological polar surface area (TPSA) is 50.1 Å². The highest BCUT2D eigenvalue weighted by atomic mass is 16.3. The lowest BCUT2D eigenvalue weighted by molar-refractivity contribution is 0.110. The summed E-state index contributed by atoms with van der Waals surface area (Å²) in [5, 5.41) is 13.2. The minimum Gasteiger partial charge on any atom is -0.396 e. The molecule has 1 atom stereocenters. The highest BCUT2D eigenvalue weighted by Crippen LogP contribution is 2.26. The smallest absolute Gasteiger partial charge is 0.0991 e. The molecule has 0 aliphatic heterocycles. The summed E-state index contributed by atoms with van der Waals surface area (Å²) in [6.07, 6.45) is 7.49. The standard InChI is InChI=1S/C18H27N3O/c1-4-18(5-2,13-22)12-20-15(3)16-6-8-17(9-7-16)21-11-10-19-14-21/h6-11,14-15,20,22H,4-5,12-13H2,1-3H3. The van der Waals surface area contributed by atoms with Crippen LogP contribution in [0.1, 0.15) is 45.2 Å². The second-order valence-corrected chi connectivity index (χ2v) is 6.03. The highest BCUT2D eigenvalue weighted by Gasteiger charge is 2.25. The average Bonchev–Trinajstić information content (AvgIpc) is 3.11. The van der Waals surface area contributed by atoms with Crippen LogP contribution in [0.5, 0.6) is 0 Å². The van der Waals surface area contributed by atoms with E-state index in [0.717, 1.165) is 25.1 Å². The quantitative estimate of drug-likeness (QED) is 0.786. The van der Waals surface area contributed by atoms with Gasteiger partial charge in [0.2, 0.25) is 0 Å². The maximum Gasteiger partial charge on any atom is 0.0991 e. The van der Waals surface area contributed by atoms with E-state index in [1.807, 2.05) is 10.8 Å². The Balaban J connectivity index is 1.99. The Morgan fingerprint density at radius 2 is 1.91 bits per heavy atom. The summed E-state index contributed by atoms with van der Waals surface area (Å²) in [4.78, 5) is 4.07. The van der Waals surface area contributed by atoms with Crippen molar-refractivity contribution in [3.05, 3.63) is 48.5 Å². The molecular formula is C18H27N3O. The number of nitrogens with zero attached hydrogens (tertiary/aromatic N) is 2. The molecule has 1 heterocycles. The lowest BCUT2D eigenvalue weighted by Crippen LogP contribution is -2.37. The van der Waals surface area contributed by atoms with Crippen molar-refractivity contribution in [2.24, 2.45) is 5.41 Å². The van der Waals surface area contributed by atoms with Crippen LogP contribution in [0.15, 0.2) is 43.0 Å². The molecule has 0 aliphatic carbocycles. The van der Waals surface area contributed by atoms with E-state index in [1.165, 1.54) is 5.56 Å². The van der Waals surface area contributed by atoms with Crippen molar-refractivity contribution in [2.75, 3.05) is 13.2 Å². The molecule has 0 aliphatic rings. The van der Waals surface area contributed by atoms with Gasteiger partial charge in [-0.3, -0.25) is 0 Å². The molecule has 0 saturated carbocycles. The minimum absolute atomic E-state index is 0.00892. The minimum atomic E-state index is -0.00892. The first kappa shape index (κ1) is 16.7. The first-order valence-electron chi connectivity index (χ1n) is 8.06. The maximum absolute atomic E-state index is 9.65. The van der Waals surface area contributed by atoms with Gasteiger partial charge in [0.05, 0.1) is 6.33 Å². The van der Waals surface area contributed by atoms with E-state index in [4.69, 9.17) is 0 Å². The molecule has 22 heavy (non-hydrogen) atoms. The number of hydrogen-bond donors (Lipinski definition) is 2. The molecule has 2 rings (SSSR count). The lowest BCUT2D eigenvalue weighted by atomic mass is 9.83. The van der Waals surface area contributed by atoms with Gasteiger partial charge in [0.25, 0.3) is 0 Å². The van der Waals surface area contributed by atoms with Gasteiger partial charge in [-0.05, 0) is 37.5 Å². The summed E-state index contributed by atoms with van der Waals surface area (Å²) in [6, 6.07) is 8.76. The average molecular weight is 301 g/mol. The number of benzene rings is 1. The fourth-order valence-electron chi connectivity index (χ4n) is 2.61. The third-order valence-electron chi connectivity index (χ3n) is 4.81. The van der Waals surface area contributed by atoms with Crippen molar-refractivity contribution in [3.63, 3.8) is 0 Å². The van der Waals surface area contributed by atoms with Crippen LogP contribution in [0, 0.1) is 5.41 Å².